The minimum Gasteiger partial charge on any atom is -0.436 e. The van der Waals surface area contributed by atoms with Gasteiger partial charge in [-0.2, -0.15) is 0 Å². The molecular weight excluding hydrogens is 322 g/mol. The average Bonchev–Trinajstić information content (AvgIpc) is 2.67. The molecule has 25 heavy (non-hydrogen) atoms. The van der Waals surface area contributed by atoms with Crippen molar-refractivity contribution in [3.63, 3.8) is 0 Å². The third-order valence-corrected chi connectivity index (χ3v) is 4.44. The van der Waals surface area contributed by atoms with Gasteiger partial charge in [-0.25, -0.2) is 4.79 Å². The van der Waals surface area contributed by atoms with Gasteiger partial charge in [0.1, 0.15) is 0 Å². The Morgan fingerprint density at radius 1 is 1.20 bits per heavy atom. The molecule has 134 valence electrons. The van der Waals surface area contributed by atoms with E-state index in [-0.39, 0.29) is 12.0 Å². The highest BCUT2D eigenvalue weighted by Crippen LogP contribution is 2.46. The van der Waals surface area contributed by atoms with Gasteiger partial charge in [0.05, 0.1) is 19.8 Å². The molecule has 0 aliphatic carbocycles. The SMILES string of the molecule is CCCC12COC(c3ccc(C#CCOC(=O)NC)cc3)(OC1)OC2. The molecule has 1 aromatic carbocycles. The average molecular weight is 345 g/mol. The summed E-state index contributed by atoms with van der Waals surface area (Å²) in [6.45, 7) is 4.16. The van der Waals surface area contributed by atoms with Gasteiger partial charge in [0.15, 0.2) is 6.61 Å². The summed E-state index contributed by atoms with van der Waals surface area (Å²) in [6.07, 6.45) is 1.62. The predicted molar refractivity (Wildman–Crippen MR) is 90.6 cm³/mol. The van der Waals surface area contributed by atoms with Crippen LogP contribution in [0.3, 0.4) is 0 Å². The fourth-order valence-corrected chi connectivity index (χ4v) is 3.06. The minimum atomic E-state index is -1.09. The van der Waals surface area contributed by atoms with Crippen LogP contribution in [-0.4, -0.2) is 39.6 Å². The summed E-state index contributed by atoms with van der Waals surface area (Å²) in [5, 5.41) is 2.36. The van der Waals surface area contributed by atoms with Crippen molar-refractivity contribution in [3.05, 3.63) is 35.4 Å². The minimum absolute atomic E-state index is 0.00725. The van der Waals surface area contributed by atoms with Crippen molar-refractivity contribution in [2.24, 2.45) is 5.41 Å². The second kappa shape index (κ2) is 7.44. The van der Waals surface area contributed by atoms with Crippen LogP contribution in [0, 0.1) is 17.3 Å². The Morgan fingerprint density at radius 2 is 1.84 bits per heavy atom. The highest BCUT2D eigenvalue weighted by Gasteiger charge is 2.53. The van der Waals surface area contributed by atoms with E-state index in [1.807, 2.05) is 24.3 Å². The molecule has 0 spiro atoms. The molecule has 0 unspecified atom stereocenters. The molecule has 3 aliphatic heterocycles. The van der Waals surface area contributed by atoms with Crippen LogP contribution < -0.4 is 5.32 Å². The summed E-state index contributed by atoms with van der Waals surface area (Å²) >= 11 is 0. The lowest BCUT2D eigenvalue weighted by Gasteiger charge is -2.51. The summed E-state index contributed by atoms with van der Waals surface area (Å²) < 4.78 is 22.6. The first-order valence-corrected chi connectivity index (χ1v) is 8.47. The highest BCUT2D eigenvalue weighted by molar-refractivity contribution is 5.66. The lowest BCUT2D eigenvalue weighted by molar-refractivity contribution is -0.480. The van der Waals surface area contributed by atoms with E-state index in [4.69, 9.17) is 18.9 Å². The van der Waals surface area contributed by atoms with Crippen molar-refractivity contribution in [3.8, 4) is 11.8 Å². The normalized spacial score (nSPS) is 27.3. The quantitative estimate of drug-likeness (QED) is 0.849. The Labute approximate surface area is 147 Å². The molecule has 0 atom stereocenters. The van der Waals surface area contributed by atoms with Crippen LogP contribution in [0.15, 0.2) is 24.3 Å². The van der Waals surface area contributed by atoms with Crippen molar-refractivity contribution < 1.29 is 23.7 Å². The Balaban J connectivity index is 1.62. The van der Waals surface area contributed by atoms with Gasteiger partial charge in [0.25, 0.3) is 0 Å². The maximum absolute atomic E-state index is 10.9. The summed E-state index contributed by atoms with van der Waals surface area (Å²) in [7, 11) is 1.50. The van der Waals surface area contributed by atoms with Crippen molar-refractivity contribution in [1.82, 2.24) is 5.32 Å². The Kier molecular flexibility index (Phi) is 5.28. The van der Waals surface area contributed by atoms with Crippen LogP contribution in [0.1, 0.15) is 30.9 Å². The molecule has 3 heterocycles. The molecule has 3 saturated heterocycles. The molecule has 6 heteroatoms. The van der Waals surface area contributed by atoms with Gasteiger partial charge in [0.2, 0.25) is 0 Å². The Hall–Kier alpha value is -2.07. The number of carbonyl (C=O) groups excluding carboxylic acids is 1. The van der Waals surface area contributed by atoms with Crippen molar-refractivity contribution >= 4 is 6.09 Å². The first-order chi connectivity index (χ1) is 12.1. The van der Waals surface area contributed by atoms with Crippen LogP contribution >= 0.6 is 0 Å². The molecule has 3 fully saturated rings. The molecule has 0 radical (unpaired) electrons. The highest BCUT2D eigenvalue weighted by atomic mass is 16.9. The van der Waals surface area contributed by atoms with Gasteiger partial charge in [0, 0.05) is 23.6 Å². The number of hydrogen-bond donors (Lipinski definition) is 1. The number of carbonyl (C=O) groups is 1. The molecule has 1 amide bonds. The number of fused-ring (bicyclic) bond motifs is 3. The number of ether oxygens (including phenoxy) is 4. The number of nitrogens with one attached hydrogen (secondary N) is 1. The molecular formula is C19H23NO5. The fourth-order valence-electron chi connectivity index (χ4n) is 3.06. The molecule has 4 rings (SSSR count). The smallest absolute Gasteiger partial charge is 0.407 e. The van der Waals surface area contributed by atoms with E-state index in [1.54, 1.807) is 0 Å². The summed E-state index contributed by atoms with van der Waals surface area (Å²) in [5.74, 6) is 4.64. The third-order valence-electron chi connectivity index (χ3n) is 4.44. The van der Waals surface area contributed by atoms with E-state index in [2.05, 4.69) is 24.1 Å². The van der Waals surface area contributed by atoms with Gasteiger partial charge in [-0.15, -0.1) is 0 Å². The molecule has 1 N–H and O–H groups in total. The fraction of sp³-hybridized carbons (Fsp3) is 0.526. The zero-order valence-corrected chi connectivity index (χ0v) is 14.6. The third kappa shape index (κ3) is 3.79. The van der Waals surface area contributed by atoms with Gasteiger partial charge < -0.3 is 24.3 Å². The van der Waals surface area contributed by atoms with Gasteiger partial charge in [-0.1, -0.05) is 25.2 Å². The summed E-state index contributed by atoms with van der Waals surface area (Å²) in [4.78, 5) is 10.9. The first kappa shape index (κ1) is 17.7. The topological polar surface area (TPSA) is 66.0 Å². The first-order valence-electron chi connectivity index (χ1n) is 8.47. The van der Waals surface area contributed by atoms with Crippen LogP contribution in [-0.2, 0) is 24.9 Å². The molecule has 6 nitrogen and oxygen atoms in total. The van der Waals surface area contributed by atoms with Crippen LogP contribution in [0.4, 0.5) is 4.79 Å². The summed E-state index contributed by atoms with van der Waals surface area (Å²) in [6, 6.07) is 7.52. The van der Waals surface area contributed by atoms with Gasteiger partial charge in [-0.3, -0.25) is 0 Å². The number of amides is 1. The number of hydrogen-bond acceptors (Lipinski definition) is 5. The van der Waals surface area contributed by atoms with Gasteiger partial charge in [-0.05, 0) is 30.7 Å². The van der Waals surface area contributed by atoms with Crippen LogP contribution in [0.2, 0.25) is 0 Å². The number of benzene rings is 1. The zero-order valence-electron chi connectivity index (χ0n) is 14.6. The van der Waals surface area contributed by atoms with Crippen LogP contribution in [0.5, 0.6) is 0 Å². The van der Waals surface area contributed by atoms with E-state index in [0.29, 0.717) is 19.8 Å². The lowest BCUT2D eigenvalue weighted by atomic mass is 9.83. The van der Waals surface area contributed by atoms with Crippen molar-refractivity contribution in [1.29, 1.82) is 0 Å². The molecule has 3 aliphatic rings. The van der Waals surface area contributed by atoms with Gasteiger partial charge >= 0.3 is 12.1 Å². The predicted octanol–water partition coefficient (Wildman–Crippen LogP) is 2.37. The summed E-state index contributed by atoms with van der Waals surface area (Å²) in [5.41, 5.74) is 1.63. The van der Waals surface area contributed by atoms with Crippen molar-refractivity contribution in [2.75, 3.05) is 33.5 Å². The second-order valence-corrected chi connectivity index (χ2v) is 6.38. The largest absolute Gasteiger partial charge is 0.436 e. The molecule has 2 bridgehead atoms. The Bertz CT molecular complexity index is 649. The van der Waals surface area contributed by atoms with E-state index in [9.17, 15) is 4.79 Å². The Morgan fingerprint density at radius 3 is 2.40 bits per heavy atom. The molecule has 0 aromatic heterocycles. The zero-order chi connectivity index (χ0) is 17.8. The maximum atomic E-state index is 10.9. The monoisotopic (exact) mass is 345 g/mol. The maximum Gasteiger partial charge on any atom is 0.407 e. The lowest BCUT2D eigenvalue weighted by Crippen LogP contribution is -2.58. The van der Waals surface area contributed by atoms with E-state index in [1.165, 1.54) is 7.05 Å². The van der Waals surface area contributed by atoms with Crippen molar-refractivity contribution in [2.45, 2.75) is 25.7 Å². The number of rotatable bonds is 4. The van der Waals surface area contributed by atoms with E-state index < -0.39 is 12.1 Å². The van der Waals surface area contributed by atoms with E-state index in [0.717, 1.165) is 24.0 Å². The standard InChI is InChI=1S/C19H23NO5/c1-3-10-18-12-23-19(24-13-18,25-14-18)16-8-6-15(7-9-16)5-4-11-22-17(21)20-2/h6-9H,3,10-14H2,1-2H3,(H,20,21). The number of alkyl carbamates (subject to hydrolysis) is 1. The molecule has 0 saturated carbocycles. The van der Waals surface area contributed by atoms with E-state index >= 15 is 0 Å². The van der Waals surface area contributed by atoms with Crippen LogP contribution in [0.25, 0.3) is 0 Å². The second-order valence-electron chi connectivity index (χ2n) is 6.38. The molecule has 1 aromatic rings.